The Kier molecular flexibility index (Phi) is 6.07. The molecule has 0 atom stereocenters. The number of hydrogen-bond donors (Lipinski definition) is 0. The smallest absolute Gasteiger partial charge is 0.410 e. The molecule has 2 fully saturated rings. The van der Waals surface area contributed by atoms with Crippen LogP contribution in [0.1, 0.15) is 52.3 Å². The maximum atomic E-state index is 12.6. The van der Waals surface area contributed by atoms with Gasteiger partial charge in [-0.15, -0.1) is 0 Å². The van der Waals surface area contributed by atoms with Crippen LogP contribution in [-0.4, -0.2) is 63.1 Å². The number of piperidine rings is 1. The zero-order chi connectivity index (χ0) is 19.4. The van der Waals surface area contributed by atoms with E-state index >= 15 is 0 Å². The highest BCUT2D eigenvalue weighted by Crippen LogP contribution is 2.34. The quantitative estimate of drug-likeness (QED) is 0.734. The Hall–Kier alpha value is -2.05. The third kappa shape index (κ3) is 4.28. The first kappa shape index (κ1) is 19.7. The molecule has 7 nitrogen and oxygen atoms in total. The Labute approximate surface area is 161 Å². The molecule has 0 saturated carbocycles. The van der Waals surface area contributed by atoms with Crippen molar-refractivity contribution in [3.8, 4) is 0 Å². The summed E-state index contributed by atoms with van der Waals surface area (Å²) < 4.78 is 7.71. The molecule has 0 unspecified atom stereocenters. The molecular weight excluding hydrogens is 344 g/mol. The molecule has 150 valence electrons. The molecule has 3 rings (SSSR count). The first-order valence-corrected chi connectivity index (χ1v) is 10.3. The van der Waals surface area contributed by atoms with Gasteiger partial charge in [-0.1, -0.05) is 33.6 Å². The zero-order valence-electron chi connectivity index (χ0n) is 16.8. The number of imidazole rings is 1. The zero-order valence-corrected chi connectivity index (χ0v) is 16.8. The summed E-state index contributed by atoms with van der Waals surface area (Å²) in [6.07, 6.45) is 7.80. The fourth-order valence-corrected chi connectivity index (χ4v) is 4.16. The molecule has 0 aliphatic carbocycles. The van der Waals surface area contributed by atoms with E-state index < -0.39 is 5.60 Å². The standard InChI is InChI=1S/C20H32N4O3/c1-4-16(5-2)13-24-15-20(27-19(24)26)7-10-22(11-8-20)18(25)14-23-12-9-21-17(23)6-3/h9,12,16H,4-8,10-11,13-15H2,1-3H3. The number of hydrogen-bond acceptors (Lipinski definition) is 4. The lowest BCUT2D eigenvalue weighted by atomic mass is 9.91. The van der Waals surface area contributed by atoms with Gasteiger partial charge in [0.1, 0.15) is 18.0 Å². The third-order valence-electron chi connectivity index (χ3n) is 6.13. The minimum atomic E-state index is -0.413. The van der Waals surface area contributed by atoms with Gasteiger partial charge < -0.3 is 19.1 Å². The summed E-state index contributed by atoms with van der Waals surface area (Å²) in [6, 6.07) is 0. The number of aryl methyl sites for hydroxylation is 1. The molecule has 1 aromatic heterocycles. The molecule has 1 spiro atoms. The second-order valence-corrected chi connectivity index (χ2v) is 7.82. The van der Waals surface area contributed by atoms with Crippen LogP contribution in [0.15, 0.2) is 12.4 Å². The topological polar surface area (TPSA) is 67.7 Å². The minimum absolute atomic E-state index is 0.107. The van der Waals surface area contributed by atoms with E-state index in [0.29, 0.717) is 44.9 Å². The molecule has 2 saturated heterocycles. The van der Waals surface area contributed by atoms with Gasteiger partial charge in [0, 0.05) is 51.3 Å². The van der Waals surface area contributed by atoms with Crippen molar-refractivity contribution >= 4 is 12.0 Å². The van der Waals surface area contributed by atoms with E-state index in [1.807, 2.05) is 27.5 Å². The summed E-state index contributed by atoms with van der Waals surface area (Å²) in [4.78, 5) is 33.0. The molecule has 3 heterocycles. The van der Waals surface area contributed by atoms with Crippen molar-refractivity contribution in [1.29, 1.82) is 0 Å². The maximum absolute atomic E-state index is 12.6. The first-order chi connectivity index (χ1) is 13.0. The second-order valence-electron chi connectivity index (χ2n) is 7.82. The van der Waals surface area contributed by atoms with Crippen molar-refractivity contribution in [2.45, 2.75) is 65.0 Å². The summed E-state index contributed by atoms with van der Waals surface area (Å²) >= 11 is 0. The highest BCUT2D eigenvalue weighted by Gasteiger charge is 2.47. The number of carbonyl (C=O) groups excluding carboxylic acids is 2. The Morgan fingerprint density at radius 3 is 2.59 bits per heavy atom. The Balaban J connectivity index is 1.54. The van der Waals surface area contributed by atoms with Crippen molar-refractivity contribution in [2.24, 2.45) is 5.92 Å². The average molecular weight is 377 g/mol. The summed E-state index contributed by atoms with van der Waals surface area (Å²) in [6.45, 7) is 9.41. The lowest BCUT2D eigenvalue weighted by molar-refractivity contribution is -0.135. The first-order valence-electron chi connectivity index (χ1n) is 10.3. The molecule has 2 amide bonds. The van der Waals surface area contributed by atoms with Crippen molar-refractivity contribution < 1.29 is 14.3 Å². The van der Waals surface area contributed by atoms with Gasteiger partial charge in [0.25, 0.3) is 0 Å². The van der Waals surface area contributed by atoms with E-state index in [-0.39, 0.29) is 12.0 Å². The van der Waals surface area contributed by atoms with Crippen molar-refractivity contribution in [2.75, 3.05) is 26.2 Å². The van der Waals surface area contributed by atoms with Crippen molar-refractivity contribution in [3.63, 3.8) is 0 Å². The van der Waals surface area contributed by atoms with E-state index in [4.69, 9.17) is 4.74 Å². The number of rotatable bonds is 7. The van der Waals surface area contributed by atoms with Crippen LogP contribution < -0.4 is 0 Å². The number of likely N-dealkylation sites (tertiary alicyclic amines) is 1. The largest absolute Gasteiger partial charge is 0.441 e. The Morgan fingerprint density at radius 2 is 1.96 bits per heavy atom. The van der Waals surface area contributed by atoms with E-state index in [1.165, 1.54) is 0 Å². The highest BCUT2D eigenvalue weighted by molar-refractivity contribution is 5.76. The molecule has 27 heavy (non-hydrogen) atoms. The van der Waals surface area contributed by atoms with Crippen molar-refractivity contribution in [3.05, 3.63) is 18.2 Å². The molecule has 0 radical (unpaired) electrons. The minimum Gasteiger partial charge on any atom is -0.441 e. The SMILES string of the molecule is CCc1nccn1CC(=O)N1CCC2(CC1)CN(CC(CC)CC)C(=O)O2. The van der Waals surface area contributed by atoms with Crippen LogP contribution in [-0.2, 0) is 22.5 Å². The predicted molar refractivity (Wildman–Crippen MR) is 102 cm³/mol. The Bertz CT molecular complexity index is 660. The molecule has 0 aromatic carbocycles. The number of amides is 2. The van der Waals surface area contributed by atoms with Gasteiger partial charge in [0.15, 0.2) is 0 Å². The van der Waals surface area contributed by atoms with Gasteiger partial charge in [-0.05, 0) is 5.92 Å². The summed E-state index contributed by atoms with van der Waals surface area (Å²) in [5.74, 6) is 1.56. The average Bonchev–Trinajstić information content (AvgIpc) is 3.24. The van der Waals surface area contributed by atoms with Gasteiger partial charge in [0.05, 0.1) is 6.54 Å². The number of nitrogens with zero attached hydrogens (tertiary/aromatic N) is 4. The maximum Gasteiger partial charge on any atom is 0.410 e. The van der Waals surface area contributed by atoms with Gasteiger partial charge in [-0.3, -0.25) is 4.79 Å². The molecule has 0 N–H and O–H groups in total. The highest BCUT2D eigenvalue weighted by atomic mass is 16.6. The van der Waals surface area contributed by atoms with E-state index in [0.717, 1.165) is 31.6 Å². The molecule has 7 heteroatoms. The van der Waals surface area contributed by atoms with Gasteiger partial charge >= 0.3 is 6.09 Å². The van der Waals surface area contributed by atoms with Crippen molar-refractivity contribution in [1.82, 2.24) is 19.4 Å². The predicted octanol–water partition coefficient (Wildman–Crippen LogP) is 2.70. The summed E-state index contributed by atoms with van der Waals surface area (Å²) in [5, 5.41) is 0. The Morgan fingerprint density at radius 1 is 1.26 bits per heavy atom. The normalized spacial score (nSPS) is 19.2. The van der Waals surface area contributed by atoms with Crippen LogP contribution in [0.3, 0.4) is 0 Å². The van der Waals surface area contributed by atoms with Crippen LogP contribution in [0.25, 0.3) is 0 Å². The van der Waals surface area contributed by atoms with Gasteiger partial charge in [-0.2, -0.15) is 0 Å². The third-order valence-corrected chi connectivity index (χ3v) is 6.13. The van der Waals surface area contributed by atoms with E-state index in [2.05, 4.69) is 18.8 Å². The number of ether oxygens (including phenoxy) is 1. The fraction of sp³-hybridized carbons (Fsp3) is 0.750. The number of carbonyl (C=O) groups is 2. The second kappa shape index (κ2) is 8.31. The summed E-state index contributed by atoms with van der Waals surface area (Å²) in [5.41, 5.74) is -0.413. The summed E-state index contributed by atoms with van der Waals surface area (Å²) in [7, 11) is 0. The molecule has 2 aliphatic heterocycles. The van der Waals surface area contributed by atoms with Crippen LogP contribution in [0.5, 0.6) is 0 Å². The van der Waals surface area contributed by atoms with Crippen LogP contribution in [0.2, 0.25) is 0 Å². The lowest BCUT2D eigenvalue weighted by Crippen LogP contribution is -2.49. The van der Waals surface area contributed by atoms with Gasteiger partial charge in [-0.25, -0.2) is 9.78 Å². The molecule has 1 aromatic rings. The van der Waals surface area contributed by atoms with Crippen LogP contribution in [0.4, 0.5) is 4.79 Å². The molecular formula is C20H32N4O3. The molecule has 2 aliphatic rings. The lowest BCUT2D eigenvalue weighted by Gasteiger charge is -2.37. The monoisotopic (exact) mass is 376 g/mol. The molecule has 0 bridgehead atoms. The van der Waals surface area contributed by atoms with Crippen LogP contribution in [0, 0.1) is 5.92 Å². The van der Waals surface area contributed by atoms with Crippen LogP contribution >= 0.6 is 0 Å². The van der Waals surface area contributed by atoms with Gasteiger partial charge in [0.2, 0.25) is 5.91 Å². The number of aromatic nitrogens is 2. The van der Waals surface area contributed by atoms with E-state index in [9.17, 15) is 9.59 Å². The fourth-order valence-electron chi connectivity index (χ4n) is 4.16. The van der Waals surface area contributed by atoms with E-state index in [1.54, 1.807) is 6.20 Å².